The van der Waals surface area contributed by atoms with Crippen LogP contribution < -0.4 is 4.74 Å². The van der Waals surface area contributed by atoms with Crippen molar-refractivity contribution in [1.82, 2.24) is 4.90 Å². The van der Waals surface area contributed by atoms with Gasteiger partial charge in [0.2, 0.25) is 0 Å². The maximum Gasteiger partial charge on any atom is 0.161 e. The number of benzene rings is 2. The fourth-order valence-electron chi connectivity index (χ4n) is 2.85. The van der Waals surface area contributed by atoms with E-state index >= 15 is 0 Å². The van der Waals surface area contributed by atoms with Crippen LogP contribution in [-0.4, -0.2) is 37.7 Å². The van der Waals surface area contributed by atoms with Crippen LogP contribution >= 0.6 is 0 Å². The van der Waals surface area contributed by atoms with Gasteiger partial charge in [0.05, 0.1) is 24.8 Å². The molecular weight excluding hydrogens is 326 g/mol. The Labute approximate surface area is 154 Å². The average molecular weight is 351 g/mol. The molecule has 1 unspecified atom stereocenters. The van der Waals surface area contributed by atoms with Crippen LogP contribution in [0.25, 0.3) is 0 Å². The zero-order valence-electron chi connectivity index (χ0n) is 15.8. The van der Waals surface area contributed by atoms with E-state index in [0.717, 1.165) is 46.8 Å². The first-order valence-corrected chi connectivity index (χ1v) is 8.83. The molecule has 0 amide bonds. The van der Waals surface area contributed by atoms with Crippen molar-refractivity contribution in [3.8, 4) is 5.75 Å². The van der Waals surface area contributed by atoms with E-state index in [4.69, 9.17) is 9.57 Å². The third-order valence-corrected chi connectivity index (χ3v) is 4.56. The fraction of sp³-hybridized carbons (Fsp3) is 0.333. The van der Waals surface area contributed by atoms with Gasteiger partial charge in [-0.2, -0.15) is 0 Å². The molecule has 0 N–H and O–H groups in total. The zero-order chi connectivity index (χ0) is 18.5. The molecule has 1 atom stereocenters. The molecular formula is C21H25N3O2. The third-order valence-electron chi connectivity index (χ3n) is 4.56. The monoisotopic (exact) mass is 351 g/mol. The lowest BCUT2D eigenvalue weighted by atomic mass is 9.97. The number of oxime groups is 1. The largest absolute Gasteiger partial charge is 0.496 e. The van der Waals surface area contributed by atoms with Crippen LogP contribution in [0.15, 0.2) is 52.6 Å². The van der Waals surface area contributed by atoms with E-state index in [-0.39, 0.29) is 6.10 Å². The Morgan fingerprint density at radius 2 is 2.08 bits per heavy atom. The van der Waals surface area contributed by atoms with Crippen molar-refractivity contribution in [1.29, 1.82) is 0 Å². The van der Waals surface area contributed by atoms with Crippen molar-refractivity contribution in [2.45, 2.75) is 26.4 Å². The summed E-state index contributed by atoms with van der Waals surface area (Å²) >= 11 is 0. The van der Waals surface area contributed by atoms with E-state index in [9.17, 15) is 0 Å². The molecule has 5 heteroatoms. The smallest absolute Gasteiger partial charge is 0.161 e. The maximum atomic E-state index is 5.72. The molecule has 1 aliphatic rings. The summed E-state index contributed by atoms with van der Waals surface area (Å²) < 4.78 is 5.61. The Morgan fingerprint density at radius 3 is 2.77 bits per heavy atom. The Bertz CT molecular complexity index is 816. The topological polar surface area (TPSA) is 46.4 Å². The number of methoxy groups -OCH3 is 1. The summed E-state index contributed by atoms with van der Waals surface area (Å²) in [4.78, 5) is 12.3. The Morgan fingerprint density at radius 1 is 1.31 bits per heavy atom. The maximum absolute atomic E-state index is 5.72. The fourth-order valence-corrected chi connectivity index (χ4v) is 2.85. The summed E-state index contributed by atoms with van der Waals surface area (Å²) in [5.41, 5.74) is 5.03. The van der Waals surface area contributed by atoms with Gasteiger partial charge >= 0.3 is 0 Å². The molecule has 0 saturated carbocycles. The quantitative estimate of drug-likeness (QED) is 0.569. The Kier molecular flexibility index (Phi) is 5.56. The van der Waals surface area contributed by atoms with Crippen LogP contribution in [0.1, 0.15) is 36.1 Å². The van der Waals surface area contributed by atoms with E-state index in [1.165, 1.54) is 0 Å². The Balaban J connectivity index is 1.83. The lowest BCUT2D eigenvalue weighted by Crippen LogP contribution is -2.14. The molecule has 0 bridgehead atoms. The summed E-state index contributed by atoms with van der Waals surface area (Å²) in [5.74, 6) is 0.774. The normalized spacial score (nSPS) is 16.5. The number of aliphatic imine (C=N–C) groups is 1. The van der Waals surface area contributed by atoms with Gasteiger partial charge in [0.15, 0.2) is 6.10 Å². The minimum absolute atomic E-state index is 0.143. The lowest BCUT2D eigenvalue weighted by molar-refractivity contribution is 0.0836. The van der Waals surface area contributed by atoms with E-state index in [0.29, 0.717) is 0 Å². The molecule has 0 spiro atoms. The molecule has 0 radical (unpaired) electrons. The number of rotatable bonds is 6. The van der Waals surface area contributed by atoms with Crippen LogP contribution in [-0.2, 0) is 4.84 Å². The minimum atomic E-state index is -0.143. The highest BCUT2D eigenvalue weighted by atomic mass is 16.6. The molecule has 136 valence electrons. The second-order valence-electron chi connectivity index (χ2n) is 6.40. The summed E-state index contributed by atoms with van der Waals surface area (Å²) in [6, 6.07) is 14.2. The average Bonchev–Trinajstić information content (AvgIpc) is 3.17. The van der Waals surface area contributed by atoms with Crippen molar-refractivity contribution in [2.24, 2.45) is 10.1 Å². The van der Waals surface area contributed by atoms with Crippen LogP contribution in [0.3, 0.4) is 0 Å². The molecule has 0 aromatic heterocycles. The zero-order valence-corrected chi connectivity index (χ0v) is 15.8. The van der Waals surface area contributed by atoms with E-state index in [1.54, 1.807) is 7.11 Å². The molecule has 0 aliphatic carbocycles. The molecule has 3 rings (SSSR count). The first-order valence-electron chi connectivity index (χ1n) is 8.83. The van der Waals surface area contributed by atoms with Crippen molar-refractivity contribution in [2.75, 3.05) is 20.7 Å². The predicted octanol–water partition coefficient (Wildman–Crippen LogP) is 4.48. The SMILES string of the molecule is CCN(C)C=Nc1cc(OC)c(C2CC(c3ccccc3)=NO2)cc1C. The summed E-state index contributed by atoms with van der Waals surface area (Å²) in [6.07, 6.45) is 2.42. The molecule has 26 heavy (non-hydrogen) atoms. The number of hydrogen-bond donors (Lipinski definition) is 0. The number of nitrogens with zero attached hydrogens (tertiary/aromatic N) is 3. The highest BCUT2D eigenvalue weighted by Crippen LogP contribution is 2.38. The van der Waals surface area contributed by atoms with Gasteiger partial charge in [-0.3, -0.25) is 0 Å². The van der Waals surface area contributed by atoms with E-state index in [2.05, 4.69) is 42.2 Å². The van der Waals surface area contributed by atoms with Gasteiger partial charge in [-0.05, 0) is 31.0 Å². The third kappa shape index (κ3) is 3.87. The first kappa shape index (κ1) is 18.0. The summed E-state index contributed by atoms with van der Waals surface area (Å²) in [7, 11) is 3.67. The van der Waals surface area contributed by atoms with Gasteiger partial charge in [0.1, 0.15) is 5.75 Å². The van der Waals surface area contributed by atoms with Crippen molar-refractivity contribution in [3.05, 3.63) is 59.2 Å². The summed E-state index contributed by atoms with van der Waals surface area (Å²) in [5, 5.41) is 4.29. The number of aryl methyl sites for hydroxylation is 1. The molecule has 0 saturated heterocycles. The number of hydrogen-bond acceptors (Lipinski definition) is 4. The highest BCUT2D eigenvalue weighted by molar-refractivity contribution is 6.01. The second-order valence-corrected chi connectivity index (χ2v) is 6.40. The molecule has 2 aromatic rings. The van der Waals surface area contributed by atoms with Gasteiger partial charge in [0.25, 0.3) is 0 Å². The van der Waals surface area contributed by atoms with Crippen LogP contribution in [0.4, 0.5) is 5.69 Å². The minimum Gasteiger partial charge on any atom is -0.496 e. The standard InChI is InChI=1S/C21H25N3O2/c1-5-24(3)14-22-18-12-20(25-4)17(11-15(18)2)21-13-19(23-26-21)16-9-7-6-8-10-16/h6-12,14,21H,5,13H2,1-4H3. The molecule has 2 aromatic carbocycles. The van der Waals surface area contributed by atoms with Crippen molar-refractivity contribution >= 4 is 17.7 Å². The summed E-state index contributed by atoms with van der Waals surface area (Å²) in [6.45, 7) is 5.05. The van der Waals surface area contributed by atoms with Gasteiger partial charge in [-0.1, -0.05) is 35.5 Å². The van der Waals surface area contributed by atoms with Gasteiger partial charge in [-0.25, -0.2) is 4.99 Å². The van der Waals surface area contributed by atoms with Crippen LogP contribution in [0.2, 0.25) is 0 Å². The molecule has 5 nitrogen and oxygen atoms in total. The van der Waals surface area contributed by atoms with Gasteiger partial charge in [-0.15, -0.1) is 0 Å². The van der Waals surface area contributed by atoms with Gasteiger partial charge in [0, 0.05) is 31.6 Å². The van der Waals surface area contributed by atoms with E-state index in [1.807, 2.05) is 42.6 Å². The lowest BCUT2D eigenvalue weighted by Gasteiger charge is -2.16. The molecule has 0 fully saturated rings. The molecule has 1 heterocycles. The first-order chi connectivity index (χ1) is 12.6. The van der Waals surface area contributed by atoms with Gasteiger partial charge < -0.3 is 14.5 Å². The van der Waals surface area contributed by atoms with Crippen molar-refractivity contribution in [3.63, 3.8) is 0 Å². The predicted molar refractivity (Wildman–Crippen MR) is 106 cm³/mol. The second kappa shape index (κ2) is 8.04. The Hall–Kier alpha value is -2.82. The van der Waals surface area contributed by atoms with E-state index < -0.39 is 0 Å². The number of ether oxygens (including phenoxy) is 1. The van der Waals surface area contributed by atoms with Crippen LogP contribution in [0.5, 0.6) is 5.75 Å². The van der Waals surface area contributed by atoms with Crippen molar-refractivity contribution < 1.29 is 9.57 Å². The highest BCUT2D eigenvalue weighted by Gasteiger charge is 2.27. The molecule has 1 aliphatic heterocycles. The van der Waals surface area contributed by atoms with Crippen LogP contribution in [0, 0.1) is 6.92 Å².